The third-order valence-corrected chi connectivity index (χ3v) is 5.38. The van der Waals surface area contributed by atoms with Crippen LogP contribution in [0, 0.1) is 0 Å². The Hall–Kier alpha value is -0.910. The molecule has 0 heterocycles. The van der Waals surface area contributed by atoms with Gasteiger partial charge in [-0.05, 0) is 30.9 Å². The first-order valence-corrected chi connectivity index (χ1v) is 8.85. The fourth-order valence-electron chi connectivity index (χ4n) is 2.21. The molecule has 1 aromatic carbocycles. The zero-order valence-electron chi connectivity index (χ0n) is 12.5. The number of sulfonamides is 1. The monoisotopic (exact) mass is 298 g/mol. The lowest BCUT2D eigenvalue weighted by Crippen LogP contribution is -2.36. The zero-order valence-corrected chi connectivity index (χ0v) is 13.3. The SMILES string of the molecule is CCCN(CCCN)S(=O)(=O)CC(C)c1ccccc1. The van der Waals surface area contributed by atoms with Crippen LogP contribution in [0.2, 0.25) is 0 Å². The van der Waals surface area contributed by atoms with Crippen LogP contribution >= 0.6 is 0 Å². The van der Waals surface area contributed by atoms with Gasteiger partial charge in [0.15, 0.2) is 0 Å². The van der Waals surface area contributed by atoms with Gasteiger partial charge in [-0.2, -0.15) is 0 Å². The van der Waals surface area contributed by atoms with E-state index in [0.29, 0.717) is 26.1 Å². The summed E-state index contributed by atoms with van der Waals surface area (Å²) in [6.45, 7) is 5.56. The van der Waals surface area contributed by atoms with E-state index in [-0.39, 0.29) is 11.7 Å². The van der Waals surface area contributed by atoms with Crippen LogP contribution in [0.5, 0.6) is 0 Å². The topological polar surface area (TPSA) is 63.4 Å². The van der Waals surface area contributed by atoms with Crippen LogP contribution in [-0.4, -0.2) is 38.1 Å². The van der Waals surface area contributed by atoms with E-state index in [9.17, 15) is 8.42 Å². The van der Waals surface area contributed by atoms with Crippen molar-refractivity contribution in [3.05, 3.63) is 35.9 Å². The molecule has 1 unspecified atom stereocenters. The molecule has 0 bridgehead atoms. The van der Waals surface area contributed by atoms with Crippen LogP contribution in [0.4, 0.5) is 0 Å². The van der Waals surface area contributed by atoms with Crippen LogP contribution in [0.3, 0.4) is 0 Å². The van der Waals surface area contributed by atoms with Gasteiger partial charge in [0.2, 0.25) is 10.0 Å². The lowest BCUT2D eigenvalue weighted by atomic mass is 10.0. The van der Waals surface area contributed by atoms with Crippen molar-refractivity contribution in [3.8, 4) is 0 Å². The molecule has 1 aromatic rings. The van der Waals surface area contributed by atoms with Gasteiger partial charge in [-0.25, -0.2) is 12.7 Å². The maximum Gasteiger partial charge on any atom is 0.214 e. The number of benzene rings is 1. The summed E-state index contributed by atoms with van der Waals surface area (Å²) in [5, 5.41) is 0. The fourth-order valence-corrected chi connectivity index (χ4v) is 4.11. The Labute approximate surface area is 123 Å². The molecule has 0 aliphatic heterocycles. The van der Waals surface area contributed by atoms with E-state index < -0.39 is 10.0 Å². The van der Waals surface area contributed by atoms with E-state index >= 15 is 0 Å². The first kappa shape index (κ1) is 17.1. The number of hydrogen-bond acceptors (Lipinski definition) is 3. The van der Waals surface area contributed by atoms with Gasteiger partial charge in [0.25, 0.3) is 0 Å². The smallest absolute Gasteiger partial charge is 0.214 e. The lowest BCUT2D eigenvalue weighted by molar-refractivity contribution is 0.404. The second-order valence-electron chi connectivity index (χ2n) is 5.13. The van der Waals surface area contributed by atoms with Gasteiger partial charge in [0.1, 0.15) is 0 Å². The van der Waals surface area contributed by atoms with Gasteiger partial charge < -0.3 is 5.73 Å². The molecule has 0 radical (unpaired) electrons. The molecule has 2 N–H and O–H groups in total. The Bertz CT molecular complexity index is 474. The number of nitrogens with two attached hydrogens (primary N) is 1. The second kappa shape index (κ2) is 8.39. The summed E-state index contributed by atoms with van der Waals surface area (Å²) in [6, 6.07) is 9.77. The van der Waals surface area contributed by atoms with Crippen molar-refractivity contribution in [1.82, 2.24) is 4.31 Å². The predicted octanol–water partition coefficient (Wildman–Crippen LogP) is 2.18. The molecule has 0 spiro atoms. The van der Waals surface area contributed by atoms with Crippen molar-refractivity contribution in [2.24, 2.45) is 5.73 Å². The van der Waals surface area contributed by atoms with Crippen LogP contribution in [0.25, 0.3) is 0 Å². The quantitative estimate of drug-likeness (QED) is 0.760. The summed E-state index contributed by atoms with van der Waals surface area (Å²) in [4.78, 5) is 0. The van der Waals surface area contributed by atoms with Crippen molar-refractivity contribution in [2.75, 3.05) is 25.4 Å². The van der Waals surface area contributed by atoms with Crippen LogP contribution in [0.15, 0.2) is 30.3 Å². The van der Waals surface area contributed by atoms with Gasteiger partial charge in [-0.3, -0.25) is 0 Å². The largest absolute Gasteiger partial charge is 0.330 e. The van der Waals surface area contributed by atoms with Crippen molar-refractivity contribution in [2.45, 2.75) is 32.6 Å². The van der Waals surface area contributed by atoms with Crippen LogP contribution in [0.1, 0.15) is 38.2 Å². The third-order valence-electron chi connectivity index (χ3n) is 3.31. The third kappa shape index (κ3) is 5.23. The van der Waals surface area contributed by atoms with Gasteiger partial charge in [0, 0.05) is 13.1 Å². The Morgan fingerprint density at radius 2 is 1.85 bits per heavy atom. The van der Waals surface area contributed by atoms with E-state index in [1.165, 1.54) is 0 Å². The minimum Gasteiger partial charge on any atom is -0.330 e. The molecule has 0 aromatic heterocycles. The first-order valence-electron chi connectivity index (χ1n) is 7.24. The molecule has 20 heavy (non-hydrogen) atoms. The Morgan fingerprint density at radius 1 is 1.20 bits per heavy atom. The number of rotatable bonds is 9. The zero-order chi connectivity index (χ0) is 15.0. The van der Waals surface area contributed by atoms with Gasteiger partial charge in [-0.1, -0.05) is 44.2 Å². The first-order chi connectivity index (χ1) is 9.51. The van der Waals surface area contributed by atoms with Crippen molar-refractivity contribution < 1.29 is 8.42 Å². The van der Waals surface area contributed by atoms with Crippen molar-refractivity contribution in [3.63, 3.8) is 0 Å². The lowest BCUT2D eigenvalue weighted by Gasteiger charge is -2.23. The van der Waals surface area contributed by atoms with Crippen molar-refractivity contribution >= 4 is 10.0 Å². The fraction of sp³-hybridized carbons (Fsp3) is 0.600. The van der Waals surface area contributed by atoms with Gasteiger partial charge in [0.05, 0.1) is 5.75 Å². The van der Waals surface area contributed by atoms with Gasteiger partial charge in [-0.15, -0.1) is 0 Å². The Kier molecular flexibility index (Phi) is 7.19. The van der Waals surface area contributed by atoms with E-state index in [1.807, 2.05) is 44.2 Å². The van der Waals surface area contributed by atoms with E-state index in [2.05, 4.69) is 0 Å². The summed E-state index contributed by atoms with van der Waals surface area (Å²) >= 11 is 0. The molecule has 0 aliphatic rings. The molecule has 0 saturated carbocycles. The molecule has 5 heteroatoms. The summed E-state index contributed by atoms with van der Waals surface area (Å²) < 4.78 is 26.6. The Morgan fingerprint density at radius 3 is 2.40 bits per heavy atom. The maximum atomic E-state index is 12.5. The minimum atomic E-state index is -3.23. The van der Waals surface area contributed by atoms with Gasteiger partial charge >= 0.3 is 0 Å². The predicted molar refractivity (Wildman–Crippen MR) is 84.2 cm³/mol. The summed E-state index contributed by atoms with van der Waals surface area (Å²) in [5.74, 6) is 0.153. The molecule has 1 rings (SSSR count). The maximum absolute atomic E-state index is 12.5. The molecular weight excluding hydrogens is 272 g/mol. The van der Waals surface area contributed by atoms with E-state index in [1.54, 1.807) is 4.31 Å². The average molecular weight is 298 g/mol. The molecule has 0 aliphatic carbocycles. The molecular formula is C15H26N2O2S. The van der Waals surface area contributed by atoms with E-state index in [0.717, 1.165) is 12.0 Å². The number of nitrogens with zero attached hydrogens (tertiary/aromatic N) is 1. The highest BCUT2D eigenvalue weighted by Crippen LogP contribution is 2.19. The molecule has 0 amide bonds. The second-order valence-corrected chi connectivity index (χ2v) is 7.15. The standard InChI is InChI=1S/C15H26N2O2S/c1-3-11-17(12-7-10-16)20(18,19)13-14(2)15-8-5-4-6-9-15/h4-6,8-9,14H,3,7,10-13,16H2,1-2H3. The Balaban J connectivity index is 2.75. The molecule has 0 saturated heterocycles. The minimum absolute atomic E-state index is 0.00145. The molecule has 4 nitrogen and oxygen atoms in total. The molecule has 114 valence electrons. The van der Waals surface area contributed by atoms with Crippen LogP contribution in [-0.2, 0) is 10.0 Å². The number of hydrogen-bond donors (Lipinski definition) is 1. The van der Waals surface area contributed by atoms with Crippen molar-refractivity contribution in [1.29, 1.82) is 0 Å². The summed E-state index contributed by atoms with van der Waals surface area (Å²) in [5.41, 5.74) is 6.55. The molecule has 0 fully saturated rings. The average Bonchev–Trinajstić information content (AvgIpc) is 2.43. The molecule has 1 atom stereocenters. The van der Waals surface area contributed by atoms with Crippen LogP contribution < -0.4 is 5.73 Å². The summed E-state index contributed by atoms with van der Waals surface area (Å²) in [6.07, 6.45) is 1.53. The van der Waals surface area contributed by atoms with E-state index in [4.69, 9.17) is 5.73 Å². The summed E-state index contributed by atoms with van der Waals surface area (Å²) in [7, 11) is -3.23. The normalized spacial score (nSPS) is 13.6. The highest BCUT2D eigenvalue weighted by atomic mass is 32.2. The highest BCUT2D eigenvalue weighted by molar-refractivity contribution is 7.89. The highest BCUT2D eigenvalue weighted by Gasteiger charge is 2.24.